The Morgan fingerprint density at radius 3 is 2.72 bits per heavy atom. The first-order valence-corrected chi connectivity index (χ1v) is 11.3. The van der Waals surface area contributed by atoms with Gasteiger partial charge < -0.3 is 10.1 Å². The van der Waals surface area contributed by atoms with Crippen LogP contribution in [0.1, 0.15) is 21.6 Å². The summed E-state index contributed by atoms with van der Waals surface area (Å²) in [6.45, 7) is 2.28. The average Bonchev–Trinajstić information content (AvgIpc) is 3.09. The summed E-state index contributed by atoms with van der Waals surface area (Å²) >= 11 is 13.4. The van der Waals surface area contributed by atoms with Crippen LogP contribution in [0.4, 0.5) is 5.00 Å². The molecule has 4 rings (SSSR count). The summed E-state index contributed by atoms with van der Waals surface area (Å²) in [5.74, 6) is 0.0333. The van der Waals surface area contributed by atoms with E-state index >= 15 is 0 Å². The number of thiophene rings is 1. The topological polar surface area (TPSA) is 65.4 Å². The Balaban J connectivity index is 0.00000289. The van der Waals surface area contributed by atoms with Crippen LogP contribution in [-0.2, 0) is 24.3 Å². The number of carbonyl (C=O) groups excluding carboxylic acids is 1. The molecule has 0 aliphatic carbocycles. The number of ether oxygens (including phenoxy) is 1. The summed E-state index contributed by atoms with van der Waals surface area (Å²) in [6, 6.07) is 17.4. The van der Waals surface area contributed by atoms with Crippen LogP contribution >= 0.6 is 46.9 Å². The van der Waals surface area contributed by atoms with Crippen molar-refractivity contribution in [3.05, 3.63) is 80.1 Å². The van der Waals surface area contributed by atoms with Gasteiger partial charge in [0.15, 0.2) is 6.61 Å². The highest BCUT2D eigenvalue weighted by Crippen LogP contribution is 2.37. The van der Waals surface area contributed by atoms with E-state index in [0.717, 1.165) is 36.5 Å². The normalized spacial score (nSPS) is 12.9. The maximum atomic E-state index is 12.4. The minimum absolute atomic E-state index is 0. The Hall–Kier alpha value is -2.27. The summed E-state index contributed by atoms with van der Waals surface area (Å²) in [4.78, 5) is 15.9. The molecule has 1 aromatic heterocycles. The van der Waals surface area contributed by atoms with Crippen molar-refractivity contribution < 1.29 is 9.53 Å². The molecule has 0 unspecified atom stereocenters. The number of carbonyl (C=O) groups is 1. The number of rotatable bonds is 6. The first-order valence-electron chi connectivity index (χ1n) is 9.72. The number of fused-ring (bicyclic) bond motifs is 1. The van der Waals surface area contributed by atoms with Gasteiger partial charge in [-0.05, 0) is 35.7 Å². The summed E-state index contributed by atoms with van der Waals surface area (Å²) in [7, 11) is 0. The van der Waals surface area contributed by atoms with Crippen LogP contribution < -0.4 is 10.1 Å². The number of amides is 1. The minimum atomic E-state index is -0.345. The number of nitrogens with zero attached hydrogens (tertiary/aromatic N) is 2. The highest BCUT2D eigenvalue weighted by Gasteiger charge is 2.25. The fraction of sp³-hybridized carbons (Fsp3) is 0.217. The van der Waals surface area contributed by atoms with Crippen LogP contribution in [0, 0.1) is 11.3 Å². The molecule has 1 aliphatic rings. The van der Waals surface area contributed by atoms with Gasteiger partial charge in [0, 0.05) is 29.5 Å². The summed E-state index contributed by atoms with van der Waals surface area (Å²) in [6.07, 6.45) is 0.786. The maximum Gasteiger partial charge on any atom is 0.262 e. The molecule has 0 saturated carbocycles. The van der Waals surface area contributed by atoms with Crippen molar-refractivity contribution in [3.63, 3.8) is 0 Å². The van der Waals surface area contributed by atoms with Gasteiger partial charge in [-0.1, -0.05) is 53.5 Å². The molecular weight excluding hydrogens is 489 g/mol. The van der Waals surface area contributed by atoms with Crippen LogP contribution in [0.15, 0.2) is 48.5 Å². The molecule has 0 bridgehead atoms. The third-order valence-electron chi connectivity index (χ3n) is 5.00. The lowest BCUT2D eigenvalue weighted by Crippen LogP contribution is -2.29. The van der Waals surface area contributed by atoms with Crippen molar-refractivity contribution in [2.45, 2.75) is 19.5 Å². The SMILES string of the molecule is Cl.N#Cc1c(NC(=O)COc2ccc(Cl)cc2Cl)sc2c1CCN(Cc1ccccc1)C2. The van der Waals surface area contributed by atoms with Crippen molar-refractivity contribution in [3.8, 4) is 11.8 Å². The number of nitriles is 1. The molecule has 0 saturated heterocycles. The molecule has 1 N–H and O–H groups in total. The fourth-order valence-corrected chi connectivity index (χ4v) is 5.26. The molecule has 1 amide bonds. The Morgan fingerprint density at radius 2 is 2.00 bits per heavy atom. The van der Waals surface area contributed by atoms with Gasteiger partial charge in [-0.2, -0.15) is 5.26 Å². The molecule has 9 heteroatoms. The average molecular weight is 509 g/mol. The number of nitrogens with one attached hydrogen (secondary N) is 1. The van der Waals surface area contributed by atoms with E-state index in [2.05, 4.69) is 28.4 Å². The second-order valence-corrected chi connectivity index (χ2v) is 9.13. The largest absolute Gasteiger partial charge is 0.482 e. The zero-order chi connectivity index (χ0) is 21.8. The second-order valence-electron chi connectivity index (χ2n) is 7.18. The maximum absolute atomic E-state index is 12.4. The lowest BCUT2D eigenvalue weighted by Gasteiger charge is -2.26. The van der Waals surface area contributed by atoms with Gasteiger partial charge in [0.1, 0.15) is 16.8 Å². The zero-order valence-corrected chi connectivity index (χ0v) is 20.1. The van der Waals surface area contributed by atoms with E-state index in [1.165, 1.54) is 16.9 Å². The van der Waals surface area contributed by atoms with Crippen molar-refractivity contribution in [2.24, 2.45) is 0 Å². The number of hydrogen-bond acceptors (Lipinski definition) is 5. The predicted molar refractivity (Wildman–Crippen MR) is 131 cm³/mol. The fourth-order valence-electron chi connectivity index (χ4n) is 3.54. The molecule has 32 heavy (non-hydrogen) atoms. The van der Waals surface area contributed by atoms with Gasteiger partial charge in [0.05, 0.1) is 10.6 Å². The van der Waals surface area contributed by atoms with Crippen LogP contribution in [0.3, 0.4) is 0 Å². The number of halogens is 3. The lowest BCUT2D eigenvalue weighted by atomic mass is 10.0. The number of hydrogen-bond donors (Lipinski definition) is 1. The highest BCUT2D eigenvalue weighted by atomic mass is 35.5. The lowest BCUT2D eigenvalue weighted by molar-refractivity contribution is -0.118. The number of benzene rings is 2. The Morgan fingerprint density at radius 1 is 1.22 bits per heavy atom. The summed E-state index contributed by atoms with van der Waals surface area (Å²) < 4.78 is 5.50. The predicted octanol–water partition coefficient (Wildman–Crippen LogP) is 5.92. The third-order valence-corrected chi connectivity index (χ3v) is 6.67. The van der Waals surface area contributed by atoms with E-state index in [1.54, 1.807) is 18.2 Å². The summed E-state index contributed by atoms with van der Waals surface area (Å²) in [5.41, 5.74) is 2.85. The van der Waals surface area contributed by atoms with Crippen molar-refractivity contribution in [1.82, 2.24) is 4.90 Å². The zero-order valence-electron chi connectivity index (χ0n) is 16.9. The first kappa shape index (κ1) is 24.4. The summed E-state index contributed by atoms with van der Waals surface area (Å²) in [5, 5.41) is 13.9. The van der Waals surface area contributed by atoms with Crippen LogP contribution in [0.25, 0.3) is 0 Å². The van der Waals surface area contributed by atoms with E-state index in [-0.39, 0.29) is 24.9 Å². The monoisotopic (exact) mass is 507 g/mol. The van der Waals surface area contributed by atoms with Crippen LogP contribution in [0.2, 0.25) is 10.0 Å². The quantitative estimate of drug-likeness (QED) is 0.448. The Labute approximate surface area is 206 Å². The smallest absolute Gasteiger partial charge is 0.262 e. The van der Waals surface area contributed by atoms with E-state index in [0.29, 0.717) is 26.4 Å². The van der Waals surface area contributed by atoms with E-state index in [9.17, 15) is 10.1 Å². The molecule has 1 aliphatic heterocycles. The second kappa shape index (κ2) is 11.0. The Kier molecular flexibility index (Phi) is 8.41. The molecular formula is C23H20Cl3N3O2S. The van der Waals surface area contributed by atoms with Crippen molar-refractivity contribution >= 4 is 57.9 Å². The number of anilines is 1. The molecule has 2 aromatic carbocycles. The van der Waals surface area contributed by atoms with E-state index in [4.69, 9.17) is 27.9 Å². The van der Waals surface area contributed by atoms with Gasteiger partial charge >= 0.3 is 0 Å². The van der Waals surface area contributed by atoms with Crippen LogP contribution in [0.5, 0.6) is 5.75 Å². The molecule has 5 nitrogen and oxygen atoms in total. The van der Waals surface area contributed by atoms with Crippen LogP contribution in [-0.4, -0.2) is 24.0 Å². The molecule has 0 atom stereocenters. The van der Waals surface area contributed by atoms with Crippen molar-refractivity contribution in [2.75, 3.05) is 18.5 Å². The molecule has 0 radical (unpaired) electrons. The standard InChI is InChI=1S/C23H19Cl2N3O2S.ClH/c24-16-6-7-20(19(25)10-16)30-14-22(29)27-23-18(11-26)17-8-9-28(13-21(17)31-23)12-15-4-2-1-3-5-15;/h1-7,10H,8-9,12-14H2,(H,27,29);1H. The molecule has 3 aromatic rings. The van der Waals surface area contributed by atoms with E-state index in [1.807, 2.05) is 18.2 Å². The Bertz CT molecular complexity index is 1150. The van der Waals surface area contributed by atoms with Gasteiger partial charge in [-0.3, -0.25) is 9.69 Å². The van der Waals surface area contributed by atoms with Gasteiger partial charge in [-0.25, -0.2) is 0 Å². The van der Waals surface area contributed by atoms with E-state index < -0.39 is 0 Å². The van der Waals surface area contributed by atoms with Gasteiger partial charge in [0.2, 0.25) is 0 Å². The molecule has 0 fully saturated rings. The minimum Gasteiger partial charge on any atom is -0.482 e. The molecule has 0 spiro atoms. The van der Waals surface area contributed by atoms with Crippen molar-refractivity contribution in [1.29, 1.82) is 5.26 Å². The van der Waals surface area contributed by atoms with Gasteiger partial charge in [0.25, 0.3) is 5.91 Å². The highest BCUT2D eigenvalue weighted by molar-refractivity contribution is 7.16. The molecule has 166 valence electrons. The third kappa shape index (κ3) is 5.74. The molecule has 2 heterocycles. The van der Waals surface area contributed by atoms with Gasteiger partial charge in [-0.15, -0.1) is 23.7 Å². The first-order chi connectivity index (χ1) is 15.0.